The summed E-state index contributed by atoms with van der Waals surface area (Å²) in [6.45, 7) is 1.99. The van der Waals surface area contributed by atoms with Crippen molar-refractivity contribution in [2.24, 2.45) is 5.92 Å². The highest BCUT2D eigenvalue weighted by atomic mass is 16.5. The van der Waals surface area contributed by atoms with Crippen molar-refractivity contribution in [3.8, 4) is 0 Å². The Balaban J connectivity index is 1.80. The van der Waals surface area contributed by atoms with Gasteiger partial charge in [0.1, 0.15) is 0 Å². The highest BCUT2D eigenvalue weighted by molar-refractivity contribution is 5.80. The molecule has 0 aliphatic carbocycles. The molecule has 0 spiro atoms. The van der Waals surface area contributed by atoms with E-state index in [4.69, 9.17) is 9.84 Å². The van der Waals surface area contributed by atoms with Crippen molar-refractivity contribution < 1.29 is 19.4 Å². The number of ether oxygens (including phenoxy) is 1. The van der Waals surface area contributed by atoms with Crippen LogP contribution in [-0.4, -0.2) is 66.3 Å². The fourth-order valence-corrected chi connectivity index (χ4v) is 2.09. The summed E-state index contributed by atoms with van der Waals surface area (Å²) in [6.07, 6.45) is 0.985. The molecule has 2 heterocycles. The first-order valence-electron chi connectivity index (χ1n) is 5.41. The second-order valence-electron chi connectivity index (χ2n) is 4.32. The quantitative estimate of drug-likeness (QED) is 0.713. The van der Waals surface area contributed by atoms with Crippen LogP contribution in [-0.2, 0) is 9.53 Å². The molecule has 0 aromatic carbocycles. The van der Waals surface area contributed by atoms with Crippen LogP contribution >= 0.6 is 0 Å². The Bertz CT molecular complexity index is 301. The Morgan fingerprint density at radius 2 is 1.94 bits per heavy atom. The van der Waals surface area contributed by atoms with E-state index in [1.807, 2.05) is 0 Å². The largest absolute Gasteiger partial charge is 0.481 e. The molecular formula is C10H16N2O4. The van der Waals surface area contributed by atoms with E-state index in [0.717, 1.165) is 6.42 Å². The van der Waals surface area contributed by atoms with Crippen LogP contribution in [0.2, 0.25) is 0 Å². The van der Waals surface area contributed by atoms with E-state index < -0.39 is 5.97 Å². The molecule has 1 atom stereocenters. The molecule has 0 saturated carbocycles. The second kappa shape index (κ2) is 4.29. The minimum atomic E-state index is -0.819. The first kappa shape index (κ1) is 11.2. The molecule has 2 saturated heterocycles. The number of rotatable bonds is 2. The number of aliphatic carboxylic acids is 1. The number of hydrogen-bond acceptors (Lipinski definition) is 3. The molecule has 0 radical (unpaired) electrons. The minimum absolute atomic E-state index is 0.0583. The Kier molecular flexibility index (Phi) is 3.00. The van der Waals surface area contributed by atoms with Gasteiger partial charge in [0, 0.05) is 33.3 Å². The summed E-state index contributed by atoms with van der Waals surface area (Å²) in [7, 11) is 1.64. The lowest BCUT2D eigenvalue weighted by Crippen LogP contribution is -2.56. The predicted molar refractivity (Wildman–Crippen MR) is 55.1 cm³/mol. The van der Waals surface area contributed by atoms with Crippen molar-refractivity contribution >= 4 is 12.0 Å². The number of carboxylic acid groups (broad SMARTS) is 1. The van der Waals surface area contributed by atoms with Gasteiger partial charge in [-0.1, -0.05) is 0 Å². The molecule has 16 heavy (non-hydrogen) atoms. The van der Waals surface area contributed by atoms with E-state index in [2.05, 4.69) is 0 Å². The monoisotopic (exact) mass is 228 g/mol. The van der Waals surface area contributed by atoms with Crippen LogP contribution in [0.4, 0.5) is 4.79 Å². The molecule has 6 heteroatoms. The number of carboxylic acids is 1. The minimum Gasteiger partial charge on any atom is -0.481 e. The number of amides is 2. The maximum Gasteiger partial charge on any atom is 0.320 e. The summed E-state index contributed by atoms with van der Waals surface area (Å²) in [4.78, 5) is 25.8. The van der Waals surface area contributed by atoms with E-state index in [0.29, 0.717) is 26.2 Å². The maximum absolute atomic E-state index is 11.9. The average molecular weight is 228 g/mol. The van der Waals surface area contributed by atoms with Crippen molar-refractivity contribution in [3.05, 3.63) is 0 Å². The van der Waals surface area contributed by atoms with Crippen molar-refractivity contribution in [1.82, 2.24) is 9.80 Å². The van der Waals surface area contributed by atoms with Gasteiger partial charge in [0.2, 0.25) is 0 Å². The van der Waals surface area contributed by atoms with Crippen molar-refractivity contribution in [3.63, 3.8) is 0 Å². The third-order valence-electron chi connectivity index (χ3n) is 3.25. The molecule has 1 N–H and O–H groups in total. The number of likely N-dealkylation sites (tertiary alicyclic amines) is 2. The van der Waals surface area contributed by atoms with Gasteiger partial charge >= 0.3 is 12.0 Å². The summed E-state index contributed by atoms with van der Waals surface area (Å²) in [5.41, 5.74) is 0. The predicted octanol–water partition coefficient (Wildman–Crippen LogP) is -0.156. The zero-order valence-electron chi connectivity index (χ0n) is 9.26. The Hall–Kier alpha value is -1.30. The molecule has 0 aromatic heterocycles. The number of nitrogens with zero attached hydrogens (tertiary/aromatic N) is 2. The van der Waals surface area contributed by atoms with E-state index in [-0.39, 0.29) is 18.1 Å². The summed E-state index contributed by atoms with van der Waals surface area (Å²) >= 11 is 0. The Morgan fingerprint density at radius 1 is 1.25 bits per heavy atom. The molecule has 2 aliphatic rings. The van der Waals surface area contributed by atoms with Crippen molar-refractivity contribution in [2.45, 2.75) is 12.5 Å². The molecule has 1 unspecified atom stereocenters. The van der Waals surface area contributed by atoms with Gasteiger partial charge in [-0.25, -0.2) is 4.79 Å². The fraction of sp³-hybridized carbons (Fsp3) is 0.800. The lowest BCUT2D eigenvalue weighted by Gasteiger charge is -2.38. The molecule has 2 rings (SSSR count). The normalized spacial score (nSPS) is 25.7. The van der Waals surface area contributed by atoms with Gasteiger partial charge in [-0.2, -0.15) is 0 Å². The molecule has 90 valence electrons. The molecule has 2 fully saturated rings. The highest BCUT2D eigenvalue weighted by Crippen LogP contribution is 2.20. The van der Waals surface area contributed by atoms with E-state index in [1.54, 1.807) is 16.9 Å². The SMILES string of the molecule is COC1CCN(C(=O)N2CC(C(=O)O)C2)C1. The summed E-state index contributed by atoms with van der Waals surface area (Å²) < 4.78 is 5.18. The van der Waals surface area contributed by atoms with E-state index in [9.17, 15) is 9.59 Å². The standard InChI is InChI=1S/C10H16N2O4/c1-16-8-2-3-11(6-8)10(15)12-4-7(5-12)9(13)14/h7-8H,2-6H2,1H3,(H,13,14). The van der Waals surface area contributed by atoms with Crippen LogP contribution in [0.5, 0.6) is 0 Å². The first-order valence-corrected chi connectivity index (χ1v) is 5.41. The molecule has 0 aromatic rings. The number of carbonyl (C=O) groups excluding carboxylic acids is 1. The van der Waals surface area contributed by atoms with Crippen molar-refractivity contribution in [1.29, 1.82) is 0 Å². The van der Waals surface area contributed by atoms with Crippen LogP contribution in [0.25, 0.3) is 0 Å². The number of hydrogen-bond donors (Lipinski definition) is 1. The first-order chi connectivity index (χ1) is 7.61. The van der Waals surface area contributed by atoms with Crippen molar-refractivity contribution in [2.75, 3.05) is 33.3 Å². The van der Waals surface area contributed by atoms with Gasteiger partial charge in [0.15, 0.2) is 0 Å². The van der Waals surface area contributed by atoms with Crippen LogP contribution in [0.3, 0.4) is 0 Å². The average Bonchev–Trinajstić information content (AvgIpc) is 2.62. The summed E-state index contributed by atoms with van der Waals surface area (Å²) in [6, 6.07) is -0.0583. The summed E-state index contributed by atoms with van der Waals surface area (Å²) in [5.74, 6) is -1.20. The third kappa shape index (κ3) is 1.97. The Labute approximate surface area is 93.8 Å². The lowest BCUT2D eigenvalue weighted by atomic mass is 10.0. The van der Waals surface area contributed by atoms with Crippen LogP contribution < -0.4 is 0 Å². The molecule has 2 amide bonds. The van der Waals surface area contributed by atoms with Gasteiger partial charge < -0.3 is 19.6 Å². The number of methoxy groups -OCH3 is 1. The summed E-state index contributed by atoms with van der Waals surface area (Å²) in [5, 5.41) is 8.71. The second-order valence-corrected chi connectivity index (χ2v) is 4.32. The van der Waals surface area contributed by atoms with Crippen LogP contribution in [0, 0.1) is 5.92 Å². The molecular weight excluding hydrogens is 212 g/mol. The highest BCUT2D eigenvalue weighted by Gasteiger charge is 2.39. The number of carbonyl (C=O) groups is 2. The van der Waals surface area contributed by atoms with Crippen LogP contribution in [0.1, 0.15) is 6.42 Å². The Morgan fingerprint density at radius 3 is 2.44 bits per heavy atom. The smallest absolute Gasteiger partial charge is 0.320 e. The fourth-order valence-electron chi connectivity index (χ4n) is 2.09. The van der Waals surface area contributed by atoms with Gasteiger partial charge in [-0.3, -0.25) is 4.79 Å². The van der Waals surface area contributed by atoms with Gasteiger partial charge in [0.05, 0.1) is 12.0 Å². The van der Waals surface area contributed by atoms with Crippen LogP contribution in [0.15, 0.2) is 0 Å². The van der Waals surface area contributed by atoms with E-state index >= 15 is 0 Å². The van der Waals surface area contributed by atoms with Gasteiger partial charge in [-0.15, -0.1) is 0 Å². The molecule has 6 nitrogen and oxygen atoms in total. The van der Waals surface area contributed by atoms with E-state index in [1.165, 1.54) is 0 Å². The zero-order chi connectivity index (χ0) is 11.7. The zero-order valence-corrected chi connectivity index (χ0v) is 9.26. The molecule has 2 aliphatic heterocycles. The lowest BCUT2D eigenvalue weighted by molar-refractivity contribution is -0.146. The van der Waals surface area contributed by atoms with Gasteiger partial charge in [0.25, 0.3) is 0 Å². The third-order valence-corrected chi connectivity index (χ3v) is 3.25. The molecule has 0 bridgehead atoms. The topological polar surface area (TPSA) is 70.1 Å². The van der Waals surface area contributed by atoms with Gasteiger partial charge in [-0.05, 0) is 6.42 Å². The maximum atomic E-state index is 11.9. The number of urea groups is 1.